The van der Waals surface area contributed by atoms with Gasteiger partial charge in [-0.2, -0.15) is 14.6 Å². The minimum Gasteiger partial charge on any atom is -0.465 e. The average molecular weight is 356 g/mol. The van der Waals surface area contributed by atoms with E-state index >= 15 is 0 Å². The van der Waals surface area contributed by atoms with Crippen LogP contribution >= 0.6 is 0 Å². The molecule has 0 aliphatic heterocycles. The molecule has 0 aliphatic carbocycles. The number of rotatable bonds is 4. The first-order valence-electron chi connectivity index (χ1n) is 7.28. The van der Waals surface area contributed by atoms with Crippen molar-refractivity contribution in [2.24, 2.45) is 0 Å². The van der Waals surface area contributed by atoms with Crippen molar-refractivity contribution >= 4 is 5.65 Å². The highest BCUT2D eigenvalue weighted by atomic mass is 19.2. The standard InChI is InChI=1S/C15H12F4N4O2/c1-3-25-14-20-13-10(7-4-8(17)11(19)9(18)5-7)12(6(2)16)22-23(13)15(24)21-14/h4-6H,3H2,1-2H3,(H,20,21,24). The quantitative estimate of drug-likeness (QED) is 0.576. The van der Waals surface area contributed by atoms with Gasteiger partial charge in [0.15, 0.2) is 23.1 Å². The average Bonchev–Trinajstić information content (AvgIpc) is 2.92. The molecule has 3 rings (SSSR count). The second-order valence-corrected chi connectivity index (χ2v) is 5.15. The summed E-state index contributed by atoms with van der Waals surface area (Å²) in [5, 5.41) is 3.81. The molecule has 10 heteroatoms. The molecule has 1 atom stereocenters. The number of hydrogen-bond acceptors (Lipinski definition) is 4. The number of fused-ring (bicyclic) bond motifs is 1. The SMILES string of the molecule is CCOc1nc2c(-c3cc(F)c(F)c(F)c3)c(C(C)F)nn2c(=O)[nH]1. The summed E-state index contributed by atoms with van der Waals surface area (Å²) in [5.41, 5.74) is -1.54. The number of halogens is 4. The van der Waals surface area contributed by atoms with Gasteiger partial charge >= 0.3 is 5.69 Å². The lowest BCUT2D eigenvalue weighted by Gasteiger charge is -2.06. The molecule has 0 saturated heterocycles. The van der Waals surface area contributed by atoms with Crippen LogP contribution in [0, 0.1) is 17.5 Å². The summed E-state index contributed by atoms with van der Waals surface area (Å²) >= 11 is 0. The van der Waals surface area contributed by atoms with E-state index < -0.39 is 29.3 Å². The number of aromatic amines is 1. The molecule has 2 heterocycles. The predicted molar refractivity (Wildman–Crippen MR) is 79.6 cm³/mol. The number of alkyl halides is 1. The van der Waals surface area contributed by atoms with Crippen molar-refractivity contribution in [3.8, 4) is 17.1 Å². The van der Waals surface area contributed by atoms with Crippen molar-refractivity contribution in [2.75, 3.05) is 6.61 Å². The van der Waals surface area contributed by atoms with E-state index in [1.807, 2.05) is 0 Å². The molecule has 0 fully saturated rings. The van der Waals surface area contributed by atoms with Crippen LogP contribution in [0.25, 0.3) is 16.8 Å². The Morgan fingerprint density at radius 1 is 1.28 bits per heavy atom. The normalized spacial score (nSPS) is 12.6. The van der Waals surface area contributed by atoms with Gasteiger partial charge in [-0.1, -0.05) is 0 Å². The number of H-pyrrole nitrogens is 1. The van der Waals surface area contributed by atoms with E-state index in [9.17, 15) is 22.4 Å². The number of nitrogens with one attached hydrogen (secondary N) is 1. The fraction of sp³-hybridized carbons (Fsp3) is 0.267. The molecule has 0 spiro atoms. The van der Waals surface area contributed by atoms with Crippen LogP contribution in [0.3, 0.4) is 0 Å². The van der Waals surface area contributed by atoms with Crippen LogP contribution < -0.4 is 10.4 Å². The molecular formula is C15H12F4N4O2. The summed E-state index contributed by atoms with van der Waals surface area (Å²) in [4.78, 5) is 18.4. The summed E-state index contributed by atoms with van der Waals surface area (Å²) in [6.45, 7) is 2.98. The van der Waals surface area contributed by atoms with E-state index in [-0.39, 0.29) is 35.1 Å². The Bertz CT molecular complexity index is 990. The lowest BCUT2D eigenvalue weighted by atomic mass is 10.0. The van der Waals surface area contributed by atoms with Gasteiger partial charge < -0.3 is 4.74 Å². The van der Waals surface area contributed by atoms with Gasteiger partial charge in [0.2, 0.25) is 0 Å². The second kappa shape index (κ2) is 6.19. The van der Waals surface area contributed by atoms with Gasteiger partial charge in [-0.3, -0.25) is 4.98 Å². The summed E-state index contributed by atoms with van der Waals surface area (Å²) in [7, 11) is 0. The molecule has 1 N–H and O–H groups in total. The smallest absolute Gasteiger partial charge is 0.352 e. The zero-order valence-electron chi connectivity index (χ0n) is 13.1. The summed E-state index contributed by atoms with van der Waals surface area (Å²) in [6.07, 6.45) is -1.68. The van der Waals surface area contributed by atoms with Crippen LogP contribution in [-0.4, -0.2) is 26.2 Å². The minimum atomic E-state index is -1.68. The fourth-order valence-corrected chi connectivity index (χ4v) is 2.40. The van der Waals surface area contributed by atoms with Gasteiger partial charge in [0, 0.05) is 0 Å². The first-order chi connectivity index (χ1) is 11.8. The molecule has 2 aromatic heterocycles. The molecule has 0 radical (unpaired) electrons. The zero-order valence-corrected chi connectivity index (χ0v) is 13.1. The summed E-state index contributed by atoms with van der Waals surface area (Å²) in [6, 6.07) is 1.21. The van der Waals surface area contributed by atoms with Crippen LogP contribution in [-0.2, 0) is 0 Å². The summed E-state index contributed by atoms with van der Waals surface area (Å²) < 4.78 is 60.2. The fourth-order valence-electron chi connectivity index (χ4n) is 2.40. The van der Waals surface area contributed by atoms with E-state index in [1.165, 1.54) is 0 Å². The lowest BCUT2D eigenvalue weighted by molar-refractivity contribution is 0.310. The Morgan fingerprint density at radius 2 is 1.92 bits per heavy atom. The second-order valence-electron chi connectivity index (χ2n) is 5.15. The van der Waals surface area contributed by atoms with E-state index in [1.54, 1.807) is 6.92 Å². The van der Waals surface area contributed by atoms with Gasteiger partial charge in [0.05, 0.1) is 12.2 Å². The van der Waals surface area contributed by atoms with E-state index in [0.717, 1.165) is 11.4 Å². The predicted octanol–water partition coefficient (Wildman–Crippen LogP) is 2.93. The molecule has 3 aromatic rings. The third kappa shape index (κ3) is 2.83. The Hall–Kier alpha value is -2.91. The van der Waals surface area contributed by atoms with Crippen molar-refractivity contribution in [3.05, 3.63) is 45.8 Å². The van der Waals surface area contributed by atoms with Crippen molar-refractivity contribution in [3.63, 3.8) is 0 Å². The molecule has 0 amide bonds. The minimum absolute atomic E-state index is 0.125. The Balaban J connectivity index is 2.39. The number of aromatic nitrogens is 4. The first-order valence-corrected chi connectivity index (χ1v) is 7.28. The largest absolute Gasteiger partial charge is 0.465 e. The molecule has 25 heavy (non-hydrogen) atoms. The van der Waals surface area contributed by atoms with E-state index in [4.69, 9.17) is 4.74 Å². The number of ether oxygens (including phenoxy) is 1. The van der Waals surface area contributed by atoms with Crippen molar-refractivity contribution in [2.45, 2.75) is 20.0 Å². The van der Waals surface area contributed by atoms with Crippen LogP contribution in [0.5, 0.6) is 6.01 Å². The highest BCUT2D eigenvalue weighted by molar-refractivity contribution is 5.80. The highest BCUT2D eigenvalue weighted by Gasteiger charge is 2.24. The van der Waals surface area contributed by atoms with Crippen LogP contribution in [0.2, 0.25) is 0 Å². The Kier molecular flexibility index (Phi) is 4.19. The Morgan fingerprint density at radius 3 is 2.48 bits per heavy atom. The zero-order chi connectivity index (χ0) is 18.3. The topological polar surface area (TPSA) is 72.3 Å². The third-order valence-electron chi connectivity index (χ3n) is 3.43. The summed E-state index contributed by atoms with van der Waals surface area (Å²) in [5.74, 6) is -4.57. The number of nitrogens with zero attached hydrogens (tertiary/aromatic N) is 3. The van der Waals surface area contributed by atoms with E-state index in [0.29, 0.717) is 12.1 Å². The van der Waals surface area contributed by atoms with Gasteiger partial charge in [0.1, 0.15) is 11.9 Å². The van der Waals surface area contributed by atoms with Crippen LogP contribution in [0.4, 0.5) is 17.6 Å². The molecule has 1 unspecified atom stereocenters. The maximum absolute atomic E-state index is 14.0. The van der Waals surface area contributed by atoms with Gasteiger partial charge in [-0.15, -0.1) is 0 Å². The molecular weight excluding hydrogens is 344 g/mol. The molecule has 0 aliphatic rings. The highest BCUT2D eigenvalue weighted by Crippen LogP contribution is 2.33. The lowest BCUT2D eigenvalue weighted by Crippen LogP contribution is -2.20. The first kappa shape index (κ1) is 16.9. The monoisotopic (exact) mass is 356 g/mol. The maximum atomic E-state index is 14.0. The van der Waals surface area contributed by atoms with Crippen molar-refractivity contribution in [1.29, 1.82) is 0 Å². The number of benzene rings is 1. The van der Waals surface area contributed by atoms with Crippen LogP contribution in [0.1, 0.15) is 25.7 Å². The van der Waals surface area contributed by atoms with Crippen molar-refractivity contribution < 1.29 is 22.3 Å². The molecule has 1 aromatic carbocycles. The third-order valence-corrected chi connectivity index (χ3v) is 3.43. The number of hydrogen-bond donors (Lipinski definition) is 1. The molecule has 6 nitrogen and oxygen atoms in total. The molecule has 0 bridgehead atoms. The maximum Gasteiger partial charge on any atom is 0.352 e. The van der Waals surface area contributed by atoms with Crippen molar-refractivity contribution in [1.82, 2.24) is 19.6 Å². The van der Waals surface area contributed by atoms with Gasteiger partial charge in [0.25, 0.3) is 6.01 Å². The molecule has 132 valence electrons. The molecule has 0 saturated carbocycles. The van der Waals surface area contributed by atoms with E-state index in [2.05, 4.69) is 15.1 Å². The van der Waals surface area contributed by atoms with Gasteiger partial charge in [-0.05, 0) is 31.5 Å². The van der Waals surface area contributed by atoms with Gasteiger partial charge in [-0.25, -0.2) is 22.4 Å². The Labute approximate surface area is 138 Å². The van der Waals surface area contributed by atoms with Crippen LogP contribution in [0.15, 0.2) is 16.9 Å².